The molecule has 1 saturated heterocycles. The Labute approximate surface area is 166 Å². The van der Waals surface area contributed by atoms with Crippen molar-refractivity contribution in [1.82, 2.24) is 19.6 Å². The highest BCUT2D eigenvalue weighted by Gasteiger charge is 2.24. The molecule has 1 N–H and O–H groups in total. The van der Waals surface area contributed by atoms with Crippen LogP contribution in [-0.2, 0) is 11.2 Å². The molecule has 1 aliphatic rings. The van der Waals surface area contributed by atoms with Gasteiger partial charge in [-0.05, 0) is 57.0 Å². The maximum Gasteiger partial charge on any atom is 0.226 e. The van der Waals surface area contributed by atoms with E-state index < -0.39 is 0 Å². The molecule has 5 heteroatoms. The molecule has 1 amide bonds. The number of carbonyl (C=O) groups excluding carboxylic acids is 1. The Morgan fingerprint density at radius 3 is 2.61 bits per heavy atom. The van der Waals surface area contributed by atoms with Gasteiger partial charge >= 0.3 is 0 Å². The van der Waals surface area contributed by atoms with Crippen molar-refractivity contribution in [2.24, 2.45) is 0 Å². The van der Waals surface area contributed by atoms with Gasteiger partial charge in [-0.3, -0.25) is 9.69 Å². The van der Waals surface area contributed by atoms with Crippen LogP contribution in [0.5, 0.6) is 0 Å². The lowest BCUT2D eigenvalue weighted by atomic mass is 10.1. The van der Waals surface area contributed by atoms with E-state index in [4.69, 9.17) is 0 Å². The van der Waals surface area contributed by atoms with Gasteiger partial charge in [0.15, 0.2) is 0 Å². The molecule has 1 aromatic carbocycles. The summed E-state index contributed by atoms with van der Waals surface area (Å²) in [6.07, 6.45) is 4.80. The highest BCUT2D eigenvalue weighted by atomic mass is 16.1. The minimum absolute atomic E-state index is 0.0477. The minimum atomic E-state index is 0.0477. The smallest absolute Gasteiger partial charge is 0.226 e. The summed E-state index contributed by atoms with van der Waals surface area (Å²) in [5.41, 5.74) is 5.21. The zero-order valence-electron chi connectivity index (χ0n) is 16.7. The molecule has 0 bridgehead atoms. The lowest BCUT2D eigenvalue weighted by Gasteiger charge is -2.28. The summed E-state index contributed by atoms with van der Waals surface area (Å²) >= 11 is 0. The van der Waals surface area contributed by atoms with E-state index in [0.717, 1.165) is 35.7 Å². The molecule has 1 unspecified atom stereocenters. The molecule has 0 radical (unpaired) electrons. The second-order valence-corrected chi connectivity index (χ2v) is 7.68. The number of hydrogen-bond donors (Lipinski definition) is 1. The fourth-order valence-corrected chi connectivity index (χ4v) is 4.19. The van der Waals surface area contributed by atoms with Crippen LogP contribution >= 0.6 is 0 Å². The number of hydrogen-bond acceptors (Lipinski definition) is 3. The van der Waals surface area contributed by atoms with Gasteiger partial charge in [0, 0.05) is 12.7 Å². The van der Waals surface area contributed by atoms with E-state index >= 15 is 0 Å². The molecule has 3 aromatic rings. The van der Waals surface area contributed by atoms with E-state index in [-0.39, 0.29) is 11.9 Å². The number of fused-ring (bicyclic) bond motifs is 1. The predicted octanol–water partition coefficient (Wildman–Crippen LogP) is 3.45. The Bertz CT molecular complexity index is 957. The summed E-state index contributed by atoms with van der Waals surface area (Å²) in [7, 11) is 0. The molecule has 146 valence electrons. The maximum atomic E-state index is 12.8. The monoisotopic (exact) mass is 376 g/mol. The van der Waals surface area contributed by atoms with E-state index in [2.05, 4.69) is 39.5 Å². The fraction of sp³-hybridized carbons (Fsp3) is 0.391. The molecule has 0 aliphatic carbocycles. The first-order valence-electron chi connectivity index (χ1n) is 10.1. The van der Waals surface area contributed by atoms with Crippen LogP contribution in [0.3, 0.4) is 0 Å². The number of imidazole rings is 1. The average molecular weight is 377 g/mol. The number of carbonyl (C=O) groups is 1. The summed E-state index contributed by atoms with van der Waals surface area (Å²) < 4.78 is 2.04. The zero-order valence-corrected chi connectivity index (χ0v) is 16.7. The number of rotatable bonds is 6. The van der Waals surface area contributed by atoms with Crippen LogP contribution in [0.4, 0.5) is 0 Å². The summed E-state index contributed by atoms with van der Waals surface area (Å²) in [6.45, 7) is 6.86. The molecular weight excluding hydrogens is 348 g/mol. The van der Waals surface area contributed by atoms with Gasteiger partial charge in [-0.1, -0.05) is 36.4 Å². The molecule has 4 rings (SSSR count). The zero-order chi connectivity index (χ0) is 19.5. The first-order chi connectivity index (χ1) is 13.6. The van der Waals surface area contributed by atoms with E-state index in [9.17, 15) is 4.79 Å². The van der Waals surface area contributed by atoms with E-state index in [1.54, 1.807) is 0 Å². The van der Waals surface area contributed by atoms with Crippen molar-refractivity contribution in [2.75, 3.05) is 19.6 Å². The quantitative estimate of drug-likeness (QED) is 0.717. The number of likely N-dealkylation sites (tertiary alicyclic amines) is 1. The van der Waals surface area contributed by atoms with Gasteiger partial charge in [0.05, 0.1) is 23.9 Å². The number of pyridine rings is 1. The van der Waals surface area contributed by atoms with Crippen molar-refractivity contribution >= 4 is 11.6 Å². The van der Waals surface area contributed by atoms with Crippen molar-refractivity contribution in [3.8, 4) is 0 Å². The molecule has 1 atom stereocenters. The largest absolute Gasteiger partial charge is 0.354 e. The molecule has 1 aliphatic heterocycles. The summed E-state index contributed by atoms with van der Waals surface area (Å²) in [4.78, 5) is 19.9. The van der Waals surface area contributed by atoms with Crippen LogP contribution in [0.15, 0.2) is 48.7 Å². The van der Waals surface area contributed by atoms with Gasteiger partial charge in [-0.2, -0.15) is 0 Å². The third kappa shape index (κ3) is 3.80. The summed E-state index contributed by atoms with van der Waals surface area (Å²) in [5.74, 6) is 0.0477. The standard InChI is InChI=1S/C23H28N4O/c1-17-9-8-14-27-20(18(2)25-23(17)27)15-22(28)24-16-21(26-12-6-7-13-26)19-10-4-3-5-11-19/h3-5,8-11,14,21H,6-7,12-13,15-16H2,1-2H3,(H,24,28). The number of aryl methyl sites for hydroxylation is 2. The third-order valence-corrected chi connectivity index (χ3v) is 5.73. The highest BCUT2D eigenvalue weighted by molar-refractivity contribution is 5.79. The van der Waals surface area contributed by atoms with Crippen molar-refractivity contribution in [3.05, 3.63) is 71.2 Å². The first-order valence-corrected chi connectivity index (χ1v) is 10.1. The third-order valence-electron chi connectivity index (χ3n) is 5.73. The number of nitrogens with zero attached hydrogens (tertiary/aromatic N) is 3. The maximum absolute atomic E-state index is 12.8. The van der Waals surface area contributed by atoms with Gasteiger partial charge in [-0.15, -0.1) is 0 Å². The van der Waals surface area contributed by atoms with Crippen LogP contribution in [0.25, 0.3) is 5.65 Å². The van der Waals surface area contributed by atoms with E-state index in [0.29, 0.717) is 13.0 Å². The van der Waals surface area contributed by atoms with Gasteiger partial charge in [-0.25, -0.2) is 4.98 Å². The molecule has 28 heavy (non-hydrogen) atoms. The highest BCUT2D eigenvalue weighted by Crippen LogP contribution is 2.24. The Hall–Kier alpha value is -2.66. The molecule has 0 spiro atoms. The van der Waals surface area contributed by atoms with Gasteiger partial charge < -0.3 is 9.72 Å². The molecule has 5 nitrogen and oxygen atoms in total. The van der Waals surface area contributed by atoms with Crippen molar-refractivity contribution in [3.63, 3.8) is 0 Å². The molecule has 2 aromatic heterocycles. The van der Waals surface area contributed by atoms with Crippen LogP contribution in [-0.4, -0.2) is 39.8 Å². The summed E-state index contributed by atoms with van der Waals surface area (Å²) in [6, 6.07) is 14.8. The second-order valence-electron chi connectivity index (χ2n) is 7.68. The van der Waals surface area contributed by atoms with E-state index in [1.165, 1.54) is 18.4 Å². The van der Waals surface area contributed by atoms with Crippen LogP contribution in [0, 0.1) is 13.8 Å². The number of nitrogens with one attached hydrogen (secondary N) is 1. The lowest BCUT2D eigenvalue weighted by molar-refractivity contribution is -0.120. The second kappa shape index (κ2) is 8.15. The number of benzene rings is 1. The summed E-state index contributed by atoms with van der Waals surface area (Å²) in [5, 5.41) is 3.18. The number of amides is 1. The Morgan fingerprint density at radius 2 is 1.86 bits per heavy atom. The SMILES string of the molecule is Cc1nc2c(C)cccn2c1CC(=O)NCC(c1ccccc1)N1CCCC1. The van der Waals surface area contributed by atoms with E-state index in [1.807, 2.05) is 42.6 Å². The van der Waals surface area contributed by atoms with Crippen molar-refractivity contribution in [2.45, 2.75) is 39.2 Å². The minimum Gasteiger partial charge on any atom is -0.354 e. The van der Waals surface area contributed by atoms with Gasteiger partial charge in [0.2, 0.25) is 5.91 Å². The topological polar surface area (TPSA) is 49.6 Å². The normalized spacial score (nSPS) is 15.8. The molecular formula is C23H28N4O. The number of aromatic nitrogens is 2. The van der Waals surface area contributed by atoms with Gasteiger partial charge in [0.1, 0.15) is 5.65 Å². The molecule has 3 heterocycles. The Morgan fingerprint density at radius 1 is 1.11 bits per heavy atom. The van der Waals surface area contributed by atoms with Crippen LogP contribution in [0.1, 0.15) is 41.4 Å². The average Bonchev–Trinajstić information content (AvgIpc) is 3.33. The first kappa shape index (κ1) is 18.7. The van der Waals surface area contributed by atoms with Crippen LogP contribution < -0.4 is 5.32 Å². The van der Waals surface area contributed by atoms with Gasteiger partial charge in [0.25, 0.3) is 0 Å². The fourth-order valence-electron chi connectivity index (χ4n) is 4.19. The predicted molar refractivity (Wildman–Crippen MR) is 111 cm³/mol. The Balaban J connectivity index is 1.47. The van der Waals surface area contributed by atoms with Crippen molar-refractivity contribution in [1.29, 1.82) is 0 Å². The van der Waals surface area contributed by atoms with Crippen molar-refractivity contribution < 1.29 is 4.79 Å². The lowest BCUT2D eigenvalue weighted by Crippen LogP contribution is -2.37. The molecule has 1 fully saturated rings. The molecule has 0 saturated carbocycles. The van der Waals surface area contributed by atoms with Crippen LogP contribution in [0.2, 0.25) is 0 Å². The Kier molecular flexibility index (Phi) is 5.44.